The minimum Gasteiger partial charge on any atom is -0.212 e. The molecule has 2 aliphatic rings. The van der Waals surface area contributed by atoms with Crippen LogP contribution in [-0.4, -0.2) is 25.8 Å². The van der Waals surface area contributed by atoms with Crippen LogP contribution in [0.2, 0.25) is 0 Å². The molecule has 0 N–H and O–H groups in total. The molecule has 2 fully saturated rings. The molecule has 3 rings (SSSR count). The van der Waals surface area contributed by atoms with Crippen LogP contribution in [0.4, 0.5) is 0 Å². The average molecular weight is 291 g/mol. The van der Waals surface area contributed by atoms with Crippen molar-refractivity contribution in [2.45, 2.75) is 38.4 Å². The van der Waals surface area contributed by atoms with Crippen molar-refractivity contribution in [3.05, 3.63) is 46.5 Å². The molecule has 1 aliphatic carbocycles. The number of rotatable bonds is 3. The van der Waals surface area contributed by atoms with Crippen molar-refractivity contribution in [1.82, 2.24) is 4.31 Å². The van der Waals surface area contributed by atoms with E-state index in [0.29, 0.717) is 13.1 Å². The maximum absolute atomic E-state index is 12.4. The summed E-state index contributed by atoms with van der Waals surface area (Å²) in [6, 6.07) is 7.76. The molecule has 1 aromatic rings. The lowest BCUT2D eigenvalue weighted by atomic mass is 10.1. The van der Waals surface area contributed by atoms with Crippen molar-refractivity contribution >= 4 is 10.0 Å². The Balaban J connectivity index is 1.66. The summed E-state index contributed by atoms with van der Waals surface area (Å²) < 4.78 is 26.5. The number of hydrogen-bond donors (Lipinski definition) is 0. The van der Waals surface area contributed by atoms with Gasteiger partial charge in [-0.1, -0.05) is 41.0 Å². The van der Waals surface area contributed by atoms with Crippen LogP contribution in [0.1, 0.15) is 36.8 Å². The highest BCUT2D eigenvalue weighted by Gasteiger charge is 2.28. The minimum atomic E-state index is -3.17. The highest BCUT2D eigenvalue weighted by molar-refractivity contribution is 7.88. The Kier molecular flexibility index (Phi) is 3.69. The summed E-state index contributed by atoms with van der Waals surface area (Å²) in [6.07, 6.45) is 4.35. The van der Waals surface area contributed by atoms with Crippen molar-refractivity contribution in [2.75, 3.05) is 13.1 Å². The van der Waals surface area contributed by atoms with Crippen LogP contribution in [-0.2, 0) is 15.8 Å². The second kappa shape index (κ2) is 5.34. The predicted octanol–water partition coefficient (Wildman–Crippen LogP) is 3.01. The van der Waals surface area contributed by atoms with Crippen LogP contribution in [0.15, 0.2) is 35.4 Å². The smallest absolute Gasteiger partial charge is 0.212 e. The van der Waals surface area contributed by atoms with E-state index in [1.54, 1.807) is 9.88 Å². The van der Waals surface area contributed by atoms with Crippen molar-refractivity contribution < 1.29 is 8.42 Å². The van der Waals surface area contributed by atoms with Crippen LogP contribution in [0.25, 0.3) is 0 Å². The van der Waals surface area contributed by atoms with E-state index in [4.69, 9.17) is 0 Å². The predicted molar refractivity (Wildman–Crippen MR) is 80.9 cm³/mol. The first-order valence-electron chi connectivity index (χ1n) is 7.28. The normalized spacial score (nSPS) is 20.2. The topological polar surface area (TPSA) is 37.4 Å². The molecular formula is C16H21NO2S. The van der Waals surface area contributed by atoms with Gasteiger partial charge in [-0.05, 0) is 38.2 Å². The van der Waals surface area contributed by atoms with Crippen LogP contribution < -0.4 is 0 Å². The molecule has 0 amide bonds. The van der Waals surface area contributed by atoms with Crippen molar-refractivity contribution in [3.8, 4) is 0 Å². The zero-order chi connectivity index (χ0) is 14.2. The number of nitrogens with zero attached hydrogens (tertiary/aromatic N) is 1. The van der Waals surface area contributed by atoms with E-state index < -0.39 is 10.0 Å². The van der Waals surface area contributed by atoms with Crippen LogP contribution >= 0.6 is 0 Å². The fourth-order valence-electron chi connectivity index (χ4n) is 2.79. The summed E-state index contributed by atoms with van der Waals surface area (Å²) in [5.41, 5.74) is 5.14. The van der Waals surface area contributed by atoms with E-state index in [1.807, 2.05) is 31.2 Å². The van der Waals surface area contributed by atoms with Crippen LogP contribution in [0.3, 0.4) is 0 Å². The van der Waals surface area contributed by atoms with Gasteiger partial charge in [0.15, 0.2) is 0 Å². The molecular weight excluding hydrogens is 270 g/mol. The Morgan fingerprint density at radius 1 is 0.950 bits per heavy atom. The zero-order valence-electron chi connectivity index (χ0n) is 11.9. The number of sulfonamides is 1. The number of hydrogen-bond acceptors (Lipinski definition) is 2. The first kappa shape index (κ1) is 13.8. The molecule has 0 aromatic heterocycles. The lowest BCUT2D eigenvalue weighted by molar-refractivity contribution is 0.385. The molecule has 4 heteroatoms. The van der Waals surface area contributed by atoms with E-state index in [9.17, 15) is 8.42 Å². The van der Waals surface area contributed by atoms with Gasteiger partial charge in [0.25, 0.3) is 0 Å². The molecule has 1 heterocycles. The molecule has 1 saturated heterocycles. The molecule has 0 atom stereocenters. The quantitative estimate of drug-likeness (QED) is 0.803. The Bertz CT molecular complexity index is 613. The third kappa shape index (κ3) is 3.13. The lowest BCUT2D eigenvalue weighted by Gasteiger charge is -2.27. The second-order valence-corrected chi connectivity index (χ2v) is 7.82. The molecule has 20 heavy (non-hydrogen) atoms. The van der Waals surface area contributed by atoms with E-state index in [1.165, 1.54) is 18.4 Å². The Morgan fingerprint density at radius 2 is 1.50 bits per heavy atom. The van der Waals surface area contributed by atoms with Gasteiger partial charge in [0.1, 0.15) is 0 Å². The monoisotopic (exact) mass is 291 g/mol. The molecule has 0 spiro atoms. The van der Waals surface area contributed by atoms with Gasteiger partial charge in [-0.15, -0.1) is 0 Å². The zero-order valence-corrected chi connectivity index (χ0v) is 12.7. The molecule has 3 nitrogen and oxygen atoms in total. The fraction of sp³-hybridized carbons (Fsp3) is 0.500. The second-order valence-electron chi connectivity index (χ2n) is 5.85. The van der Waals surface area contributed by atoms with Gasteiger partial charge in [0, 0.05) is 13.1 Å². The third-order valence-electron chi connectivity index (χ3n) is 4.19. The van der Waals surface area contributed by atoms with E-state index in [-0.39, 0.29) is 5.75 Å². The van der Waals surface area contributed by atoms with Gasteiger partial charge in [0.05, 0.1) is 5.75 Å². The van der Waals surface area contributed by atoms with E-state index >= 15 is 0 Å². The molecule has 1 aromatic carbocycles. The van der Waals surface area contributed by atoms with Gasteiger partial charge in [-0.2, -0.15) is 0 Å². The van der Waals surface area contributed by atoms with Crippen LogP contribution in [0.5, 0.6) is 0 Å². The molecule has 1 aliphatic heterocycles. The summed E-state index contributed by atoms with van der Waals surface area (Å²) in [5.74, 6) is 0.124. The van der Waals surface area contributed by atoms with Gasteiger partial charge in [-0.3, -0.25) is 0 Å². The maximum atomic E-state index is 12.4. The number of aryl methyl sites for hydroxylation is 1. The summed E-state index contributed by atoms with van der Waals surface area (Å²) in [6.45, 7) is 3.33. The first-order valence-corrected chi connectivity index (χ1v) is 8.89. The Hall–Kier alpha value is -1.13. The fourth-order valence-corrected chi connectivity index (χ4v) is 4.33. The maximum Gasteiger partial charge on any atom is 0.218 e. The molecule has 0 bridgehead atoms. The minimum absolute atomic E-state index is 0.124. The summed E-state index contributed by atoms with van der Waals surface area (Å²) in [5, 5.41) is 0. The lowest BCUT2D eigenvalue weighted by Crippen LogP contribution is -2.37. The van der Waals surface area contributed by atoms with E-state index in [0.717, 1.165) is 24.0 Å². The van der Waals surface area contributed by atoms with Crippen molar-refractivity contribution in [2.24, 2.45) is 0 Å². The Labute approximate surface area is 121 Å². The van der Waals surface area contributed by atoms with Crippen molar-refractivity contribution in [3.63, 3.8) is 0 Å². The Morgan fingerprint density at radius 3 is 2.05 bits per heavy atom. The highest BCUT2D eigenvalue weighted by Crippen LogP contribution is 2.36. The van der Waals surface area contributed by atoms with Gasteiger partial charge >= 0.3 is 0 Å². The van der Waals surface area contributed by atoms with Gasteiger partial charge in [-0.25, -0.2) is 12.7 Å². The van der Waals surface area contributed by atoms with Crippen molar-refractivity contribution in [1.29, 1.82) is 0 Å². The van der Waals surface area contributed by atoms with Gasteiger partial charge in [0.2, 0.25) is 10.0 Å². The summed E-state index contributed by atoms with van der Waals surface area (Å²) in [7, 11) is -3.17. The number of piperidine rings is 1. The third-order valence-corrected chi connectivity index (χ3v) is 6.04. The SMILES string of the molecule is Cc1ccc(CS(=O)(=O)N2CCC(=C3CC3)CC2)cc1. The molecule has 108 valence electrons. The average Bonchev–Trinajstić information content (AvgIpc) is 3.26. The number of allylic oxidation sites excluding steroid dienone is 1. The molecule has 0 unspecified atom stereocenters. The highest BCUT2D eigenvalue weighted by atomic mass is 32.2. The molecule has 0 radical (unpaired) electrons. The largest absolute Gasteiger partial charge is 0.218 e. The molecule has 1 saturated carbocycles. The van der Waals surface area contributed by atoms with Crippen LogP contribution in [0, 0.1) is 6.92 Å². The summed E-state index contributed by atoms with van der Waals surface area (Å²) in [4.78, 5) is 0. The van der Waals surface area contributed by atoms with Gasteiger partial charge < -0.3 is 0 Å². The first-order chi connectivity index (χ1) is 9.54. The number of benzene rings is 1. The standard InChI is InChI=1S/C16H21NO2S/c1-13-2-4-14(5-3-13)12-20(18,19)17-10-8-16(9-11-17)15-6-7-15/h2-5H,6-12H2,1H3. The summed E-state index contributed by atoms with van der Waals surface area (Å²) >= 11 is 0. The van der Waals surface area contributed by atoms with E-state index in [2.05, 4.69) is 0 Å².